The smallest absolute Gasteiger partial charge is 0.233 e. The summed E-state index contributed by atoms with van der Waals surface area (Å²) in [7, 11) is 0. The first-order chi connectivity index (χ1) is 8.24. The summed E-state index contributed by atoms with van der Waals surface area (Å²) in [6.45, 7) is 5.26. The van der Waals surface area contributed by atoms with Crippen LogP contribution in [0.5, 0.6) is 0 Å². The van der Waals surface area contributed by atoms with Crippen LogP contribution in [0, 0.1) is 0 Å². The van der Waals surface area contributed by atoms with Crippen molar-refractivity contribution in [2.24, 2.45) is 0 Å². The number of pyridine rings is 1. The third-order valence-electron chi connectivity index (χ3n) is 2.63. The van der Waals surface area contributed by atoms with E-state index in [4.69, 9.17) is 0 Å². The third kappa shape index (κ3) is 5.45. The van der Waals surface area contributed by atoms with Gasteiger partial charge in [-0.05, 0) is 31.0 Å². The van der Waals surface area contributed by atoms with Gasteiger partial charge >= 0.3 is 0 Å². The average Bonchev–Trinajstić information content (AvgIpc) is 2.37. The number of nitrogens with one attached hydrogen (secondary N) is 2. The molecular formula is C13H21N3O. The maximum Gasteiger partial charge on any atom is 0.233 e. The van der Waals surface area contributed by atoms with Gasteiger partial charge < -0.3 is 10.6 Å². The second kappa shape index (κ2) is 7.79. The van der Waals surface area contributed by atoms with Gasteiger partial charge in [-0.2, -0.15) is 0 Å². The van der Waals surface area contributed by atoms with Gasteiger partial charge in [-0.1, -0.05) is 13.3 Å². The van der Waals surface area contributed by atoms with Crippen molar-refractivity contribution >= 4 is 5.91 Å². The van der Waals surface area contributed by atoms with Crippen LogP contribution >= 0.6 is 0 Å². The number of hydrogen-bond acceptors (Lipinski definition) is 3. The molecule has 1 rings (SSSR count). The Bertz CT molecular complexity index is 327. The number of carbonyl (C=O) groups is 1. The highest BCUT2D eigenvalue weighted by atomic mass is 16.1. The highest BCUT2D eigenvalue weighted by Crippen LogP contribution is 2.09. The number of aromatic nitrogens is 1. The lowest BCUT2D eigenvalue weighted by Crippen LogP contribution is -2.35. The van der Waals surface area contributed by atoms with E-state index >= 15 is 0 Å². The van der Waals surface area contributed by atoms with Crippen molar-refractivity contribution < 1.29 is 4.79 Å². The van der Waals surface area contributed by atoms with E-state index in [0.717, 1.165) is 24.9 Å². The van der Waals surface area contributed by atoms with Gasteiger partial charge in [0.25, 0.3) is 0 Å². The number of nitrogens with zero attached hydrogens (tertiary/aromatic N) is 1. The normalized spacial score (nSPS) is 12.1. The molecule has 1 aromatic rings. The van der Waals surface area contributed by atoms with Crippen LogP contribution in [0.15, 0.2) is 24.5 Å². The molecule has 2 N–H and O–H groups in total. The van der Waals surface area contributed by atoms with Crippen LogP contribution < -0.4 is 10.6 Å². The zero-order valence-corrected chi connectivity index (χ0v) is 10.6. The van der Waals surface area contributed by atoms with E-state index in [2.05, 4.69) is 22.5 Å². The quantitative estimate of drug-likeness (QED) is 0.707. The van der Waals surface area contributed by atoms with E-state index < -0.39 is 0 Å². The molecule has 0 aliphatic rings. The monoisotopic (exact) mass is 235 g/mol. The van der Waals surface area contributed by atoms with E-state index in [0.29, 0.717) is 6.54 Å². The fourth-order valence-electron chi connectivity index (χ4n) is 1.48. The first-order valence-electron chi connectivity index (χ1n) is 6.14. The molecule has 0 bridgehead atoms. The van der Waals surface area contributed by atoms with Gasteiger partial charge in [0.15, 0.2) is 0 Å². The molecule has 0 aromatic carbocycles. The van der Waals surface area contributed by atoms with Gasteiger partial charge in [0.1, 0.15) is 0 Å². The Balaban J connectivity index is 2.24. The predicted octanol–water partition coefficient (Wildman–Crippen LogP) is 1.65. The minimum atomic E-state index is 0.0550. The summed E-state index contributed by atoms with van der Waals surface area (Å²) in [5, 5.41) is 6.06. The van der Waals surface area contributed by atoms with Crippen LogP contribution in [0.2, 0.25) is 0 Å². The molecular weight excluding hydrogens is 214 g/mol. The minimum Gasteiger partial charge on any atom is -0.355 e. The minimum absolute atomic E-state index is 0.0550. The van der Waals surface area contributed by atoms with Gasteiger partial charge in [0, 0.05) is 25.0 Å². The van der Waals surface area contributed by atoms with Gasteiger partial charge in [-0.15, -0.1) is 0 Å². The molecule has 1 aromatic heterocycles. The summed E-state index contributed by atoms with van der Waals surface area (Å²) in [6, 6.07) is 4.06. The van der Waals surface area contributed by atoms with Gasteiger partial charge in [0.05, 0.1) is 6.54 Å². The lowest BCUT2D eigenvalue weighted by molar-refractivity contribution is -0.120. The molecule has 0 radical (unpaired) electrons. The van der Waals surface area contributed by atoms with Crippen molar-refractivity contribution in [1.29, 1.82) is 0 Å². The summed E-state index contributed by atoms with van der Waals surface area (Å²) in [4.78, 5) is 15.4. The standard InChI is InChI=1S/C13H21N3O/c1-3-4-7-15-13(17)10-16-11(2)12-5-8-14-9-6-12/h5-6,8-9,11,16H,3-4,7,10H2,1-2H3,(H,15,17)/t11-/m1/s1. The summed E-state index contributed by atoms with van der Waals surface area (Å²) < 4.78 is 0. The molecule has 4 heteroatoms. The highest BCUT2D eigenvalue weighted by Gasteiger charge is 2.06. The van der Waals surface area contributed by atoms with Gasteiger partial charge in [0.2, 0.25) is 5.91 Å². The Kier molecular flexibility index (Phi) is 6.25. The average molecular weight is 235 g/mol. The second-order valence-corrected chi connectivity index (χ2v) is 4.09. The number of hydrogen-bond donors (Lipinski definition) is 2. The predicted molar refractivity (Wildman–Crippen MR) is 68.6 cm³/mol. The van der Waals surface area contributed by atoms with Crippen LogP contribution in [-0.2, 0) is 4.79 Å². The Morgan fingerprint density at radius 1 is 1.41 bits per heavy atom. The largest absolute Gasteiger partial charge is 0.355 e. The molecule has 0 spiro atoms. The van der Waals surface area contributed by atoms with Gasteiger partial charge in [-0.25, -0.2) is 0 Å². The van der Waals surface area contributed by atoms with E-state index in [9.17, 15) is 4.79 Å². The maximum absolute atomic E-state index is 11.5. The fraction of sp³-hybridized carbons (Fsp3) is 0.538. The van der Waals surface area contributed by atoms with E-state index in [1.165, 1.54) is 0 Å². The van der Waals surface area contributed by atoms with Crippen molar-refractivity contribution in [2.45, 2.75) is 32.7 Å². The van der Waals surface area contributed by atoms with Crippen LogP contribution in [0.25, 0.3) is 0 Å². The van der Waals surface area contributed by atoms with Crippen LogP contribution in [0.4, 0.5) is 0 Å². The first kappa shape index (κ1) is 13.6. The lowest BCUT2D eigenvalue weighted by Gasteiger charge is -2.13. The number of amides is 1. The Hall–Kier alpha value is -1.42. The number of rotatable bonds is 7. The SMILES string of the molecule is CCCCNC(=O)CN[C@H](C)c1ccncc1. The molecule has 94 valence electrons. The molecule has 0 saturated carbocycles. The van der Waals surface area contributed by atoms with Crippen molar-refractivity contribution in [2.75, 3.05) is 13.1 Å². The lowest BCUT2D eigenvalue weighted by atomic mass is 10.1. The van der Waals surface area contributed by atoms with Crippen LogP contribution in [-0.4, -0.2) is 24.0 Å². The molecule has 0 fully saturated rings. The van der Waals surface area contributed by atoms with E-state index in [1.54, 1.807) is 12.4 Å². The molecule has 4 nitrogen and oxygen atoms in total. The van der Waals surface area contributed by atoms with Crippen molar-refractivity contribution in [3.05, 3.63) is 30.1 Å². The fourth-order valence-corrected chi connectivity index (χ4v) is 1.48. The molecule has 0 aliphatic heterocycles. The zero-order valence-electron chi connectivity index (χ0n) is 10.6. The number of unbranched alkanes of at least 4 members (excludes halogenated alkanes) is 1. The summed E-state index contributed by atoms with van der Waals surface area (Å²) in [6.07, 6.45) is 5.65. The maximum atomic E-state index is 11.5. The summed E-state index contributed by atoms with van der Waals surface area (Å²) in [5.41, 5.74) is 1.14. The molecule has 0 aliphatic carbocycles. The Labute approximate surface area is 103 Å². The molecule has 1 atom stereocenters. The summed E-state index contributed by atoms with van der Waals surface area (Å²) in [5.74, 6) is 0.0550. The molecule has 1 heterocycles. The Morgan fingerprint density at radius 2 is 2.12 bits per heavy atom. The zero-order chi connectivity index (χ0) is 12.5. The van der Waals surface area contributed by atoms with Crippen molar-refractivity contribution in [3.63, 3.8) is 0 Å². The van der Waals surface area contributed by atoms with E-state index in [1.807, 2.05) is 19.1 Å². The molecule has 1 amide bonds. The highest BCUT2D eigenvalue weighted by molar-refractivity contribution is 5.77. The molecule has 0 saturated heterocycles. The van der Waals surface area contributed by atoms with Crippen LogP contribution in [0.3, 0.4) is 0 Å². The van der Waals surface area contributed by atoms with Crippen molar-refractivity contribution in [3.8, 4) is 0 Å². The Morgan fingerprint density at radius 3 is 2.76 bits per heavy atom. The van der Waals surface area contributed by atoms with E-state index in [-0.39, 0.29) is 11.9 Å². The van der Waals surface area contributed by atoms with Crippen LogP contribution in [0.1, 0.15) is 38.3 Å². The first-order valence-corrected chi connectivity index (χ1v) is 6.14. The topological polar surface area (TPSA) is 54.0 Å². The molecule has 0 unspecified atom stereocenters. The summed E-state index contributed by atoms with van der Waals surface area (Å²) >= 11 is 0. The van der Waals surface area contributed by atoms with Crippen molar-refractivity contribution in [1.82, 2.24) is 15.6 Å². The van der Waals surface area contributed by atoms with Gasteiger partial charge in [-0.3, -0.25) is 9.78 Å². The number of carbonyl (C=O) groups excluding carboxylic acids is 1. The molecule has 17 heavy (non-hydrogen) atoms. The second-order valence-electron chi connectivity index (χ2n) is 4.09. The third-order valence-corrected chi connectivity index (χ3v) is 2.63.